The Morgan fingerprint density at radius 3 is 2.71 bits per heavy atom. The van der Waals surface area contributed by atoms with Gasteiger partial charge in [-0.05, 0) is 38.0 Å². The SMILES string of the molecule is CCC(C)(C#N)C(=O)Nc1ccc(C)c(Br)c1. The van der Waals surface area contributed by atoms with E-state index in [9.17, 15) is 4.79 Å². The highest BCUT2D eigenvalue weighted by molar-refractivity contribution is 9.10. The fraction of sp³-hybridized carbons (Fsp3) is 0.385. The van der Waals surface area contributed by atoms with Crippen molar-refractivity contribution in [3.05, 3.63) is 28.2 Å². The van der Waals surface area contributed by atoms with Crippen LogP contribution in [0.4, 0.5) is 5.69 Å². The van der Waals surface area contributed by atoms with Gasteiger partial charge in [0.2, 0.25) is 5.91 Å². The molecule has 0 aromatic heterocycles. The number of aryl methyl sites for hydroxylation is 1. The van der Waals surface area contributed by atoms with Crippen LogP contribution in [0.2, 0.25) is 0 Å². The highest BCUT2D eigenvalue weighted by atomic mass is 79.9. The van der Waals surface area contributed by atoms with Crippen LogP contribution < -0.4 is 5.32 Å². The van der Waals surface area contributed by atoms with E-state index >= 15 is 0 Å². The van der Waals surface area contributed by atoms with Crippen LogP contribution in [0, 0.1) is 23.7 Å². The summed E-state index contributed by atoms with van der Waals surface area (Å²) in [5.41, 5.74) is 0.820. The molecule has 0 radical (unpaired) electrons. The van der Waals surface area contributed by atoms with E-state index in [4.69, 9.17) is 5.26 Å². The zero-order valence-corrected chi connectivity index (χ0v) is 11.8. The van der Waals surface area contributed by atoms with Crippen molar-refractivity contribution in [1.82, 2.24) is 0 Å². The average Bonchev–Trinajstić information content (AvgIpc) is 2.32. The molecule has 0 heterocycles. The van der Waals surface area contributed by atoms with Gasteiger partial charge < -0.3 is 5.32 Å². The van der Waals surface area contributed by atoms with Crippen molar-refractivity contribution < 1.29 is 4.79 Å². The molecule has 0 aliphatic rings. The molecule has 0 bridgehead atoms. The monoisotopic (exact) mass is 294 g/mol. The second-order valence-electron chi connectivity index (χ2n) is 4.22. The number of amides is 1. The number of hydrogen-bond donors (Lipinski definition) is 1. The van der Waals surface area contributed by atoms with Gasteiger partial charge in [-0.3, -0.25) is 4.79 Å². The maximum absolute atomic E-state index is 11.9. The van der Waals surface area contributed by atoms with Crippen molar-refractivity contribution in [2.75, 3.05) is 5.32 Å². The molecule has 0 aliphatic heterocycles. The molecule has 90 valence electrons. The highest BCUT2D eigenvalue weighted by Crippen LogP contribution is 2.25. The zero-order chi connectivity index (χ0) is 13.1. The first kappa shape index (κ1) is 13.7. The third-order valence-corrected chi connectivity index (χ3v) is 3.74. The Morgan fingerprint density at radius 1 is 1.59 bits per heavy atom. The molecular weight excluding hydrogens is 280 g/mol. The summed E-state index contributed by atoms with van der Waals surface area (Å²) < 4.78 is 0.936. The second kappa shape index (κ2) is 5.33. The van der Waals surface area contributed by atoms with Crippen LogP contribution in [0.3, 0.4) is 0 Å². The van der Waals surface area contributed by atoms with Gasteiger partial charge in [0.1, 0.15) is 5.41 Å². The number of nitriles is 1. The Labute approximate surface area is 110 Å². The van der Waals surface area contributed by atoms with Gasteiger partial charge in [-0.15, -0.1) is 0 Å². The van der Waals surface area contributed by atoms with E-state index < -0.39 is 5.41 Å². The van der Waals surface area contributed by atoms with Crippen molar-refractivity contribution in [3.63, 3.8) is 0 Å². The number of nitrogens with one attached hydrogen (secondary N) is 1. The molecule has 1 aromatic carbocycles. The summed E-state index contributed by atoms with van der Waals surface area (Å²) in [6.45, 7) is 5.44. The Kier molecular flexibility index (Phi) is 4.30. The number of hydrogen-bond acceptors (Lipinski definition) is 2. The first-order chi connectivity index (χ1) is 7.92. The molecule has 0 spiro atoms. The first-order valence-corrected chi connectivity index (χ1v) is 6.21. The normalized spacial score (nSPS) is 13.6. The topological polar surface area (TPSA) is 52.9 Å². The Morgan fingerprint density at radius 2 is 2.24 bits per heavy atom. The molecule has 0 saturated carbocycles. The lowest BCUT2D eigenvalue weighted by molar-refractivity contribution is -0.122. The van der Waals surface area contributed by atoms with Gasteiger partial charge in [0, 0.05) is 10.2 Å². The summed E-state index contributed by atoms with van der Waals surface area (Å²) in [5.74, 6) is -0.266. The molecule has 4 heteroatoms. The molecule has 17 heavy (non-hydrogen) atoms. The minimum Gasteiger partial charge on any atom is -0.325 e. The van der Waals surface area contributed by atoms with E-state index in [2.05, 4.69) is 27.3 Å². The largest absolute Gasteiger partial charge is 0.325 e. The second-order valence-corrected chi connectivity index (χ2v) is 5.07. The number of nitrogens with zero attached hydrogens (tertiary/aromatic N) is 1. The lowest BCUT2D eigenvalue weighted by Crippen LogP contribution is -2.31. The summed E-state index contributed by atoms with van der Waals surface area (Å²) in [4.78, 5) is 11.9. The summed E-state index contributed by atoms with van der Waals surface area (Å²) in [7, 11) is 0. The highest BCUT2D eigenvalue weighted by Gasteiger charge is 2.31. The van der Waals surface area contributed by atoms with Crippen molar-refractivity contribution in [3.8, 4) is 6.07 Å². The smallest absolute Gasteiger partial charge is 0.244 e. The third-order valence-electron chi connectivity index (χ3n) is 2.88. The van der Waals surface area contributed by atoms with Gasteiger partial charge in [0.05, 0.1) is 6.07 Å². The lowest BCUT2D eigenvalue weighted by atomic mass is 9.88. The van der Waals surface area contributed by atoms with Crippen molar-refractivity contribution in [2.24, 2.45) is 5.41 Å². The van der Waals surface area contributed by atoms with Crippen LogP contribution in [-0.4, -0.2) is 5.91 Å². The zero-order valence-electron chi connectivity index (χ0n) is 10.2. The number of halogens is 1. The standard InChI is InChI=1S/C13H15BrN2O/c1-4-13(3,8-15)12(17)16-10-6-5-9(2)11(14)7-10/h5-7H,4H2,1-3H3,(H,16,17). The molecule has 0 aliphatic carbocycles. The molecule has 1 atom stereocenters. The minimum atomic E-state index is -0.975. The number of carbonyl (C=O) groups excluding carboxylic acids is 1. The fourth-order valence-corrected chi connectivity index (χ4v) is 1.61. The molecule has 1 amide bonds. The first-order valence-electron chi connectivity index (χ1n) is 5.42. The van der Waals surface area contributed by atoms with Gasteiger partial charge >= 0.3 is 0 Å². The van der Waals surface area contributed by atoms with Gasteiger partial charge in [-0.2, -0.15) is 5.26 Å². The number of anilines is 1. The molecule has 1 aromatic rings. The molecule has 1 rings (SSSR count). The maximum Gasteiger partial charge on any atom is 0.244 e. The molecule has 3 nitrogen and oxygen atoms in total. The molecule has 0 fully saturated rings. The van der Waals surface area contributed by atoms with Crippen molar-refractivity contribution >= 4 is 27.5 Å². The van der Waals surface area contributed by atoms with Crippen LogP contribution in [0.15, 0.2) is 22.7 Å². The lowest BCUT2D eigenvalue weighted by Gasteiger charge is -2.18. The van der Waals surface area contributed by atoms with E-state index in [0.29, 0.717) is 12.1 Å². The summed E-state index contributed by atoms with van der Waals surface area (Å²) in [5, 5.41) is 11.8. The van der Waals surface area contributed by atoms with Crippen LogP contribution in [0.1, 0.15) is 25.8 Å². The minimum absolute atomic E-state index is 0.266. The van der Waals surface area contributed by atoms with Crippen LogP contribution in [0.25, 0.3) is 0 Å². The van der Waals surface area contributed by atoms with Crippen molar-refractivity contribution in [2.45, 2.75) is 27.2 Å². The Hall–Kier alpha value is -1.34. The van der Waals surface area contributed by atoms with E-state index in [1.807, 2.05) is 32.0 Å². The number of carbonyl (C=O) groups is 1. The predicted molar refractivity (Wildman–Crippen MR) is 71.5 cm³/mol. The van der Waals surface area contributed by atoms with E-state index in [1.165, 1.54) is 0 Å². The van der Waals surface area contributed by atoms with Gasteiger partial charge in [0.15, 0.2) is 0 Å². The molecule has 1 N–H and O–H groups in total. The average molecular weight is 295 g/mol. The number of benzene rings is 1. The van der Waals surface area contributed by atoms with Crippen LogP contribution in [0.5, 0.6) is 0 Å². The van der Waals surface area contributed by atoms with E-state index in [1.54, 1.807) is 6.92 Å². The van der Waals surface area contributed by atoms with Gasteiger partial charge in [-0.1, -0.05) is 28.9 Å². The van der Waals surface area contributed by atoms with Gasteiger partial charge in [-0.25, -0.2) is 0 Å². The van der Waals surface area contributed by atoms with E-state index in [-0.39, 0.29) is 5.91 Å². The Bertz CT molecular complexity index is 479. The van der Waals surface area contributed by atoms with Gasteiger partial charge in [0.25, 0.3) is 0 Å². The van der Waals surface area contributed by atoms with Crippen molar-refractivity contribution in [1.29, 1.82) is 5.26 Å². The molecule has 1 unspecified atom stereocenters. The molecular formula is C13H15BrN2O. The summed E-state index contributed by atoms with van der Waals surface area (Å²) in [6, 6.07) is 7.62. The summed E-state index contributed by atoms with van der Waals surface area (Å²) >= 11 is 3.40. The fourth-order valence-electron chi connectivity index (χ4n) is 1.23. The number of rotatable bonds is 3. The molecule has 0 saturated heterocycles. The van der Waals surface area contributed by atoms with Crippen LogP contribution in [-0.2, 0) is 4.79 Å². The Balaban J connectivity index is 2.89. The predicted octanol–water partition coefficient (Wildman–Crippen LogP) is 3.64. The summed E-state index contributed by atoms with van der Waals surface area (Å²) in [6.07, 6.45) is 0.488. The third kappa shape index (κ3) is 3.07. The maximum atomic E-state index is 11.9. The van der Waals surface area contributed by atoms with E-state index in [0.717, 1.165) is 10.0 Å². The quantitative estimate of drug-likeness (QED) is 0.925. The van der Waals surface area contributed by atoms with Crippen LogP contribution >= 0.6 is 15.9 Å².